The molecule has 1 aromatic carbocycles. The third kappa shape index (κ3) is 0.841. The Morgan fingerprint density at radius 2 is 2.64 bits per heavy atom. The van der Waals surface area contributed by atoms with Crippen LogP contribution in [0.2, 0.25) is 0 Å². The molecule has 55 valence electrons. The fraction of sp³-hybridized carbons (Fsp3) is 0. The van der Waals surface area contributed by atoms with E-state index in [1.54, 1.807) is 18.2 Å². The van der Waals surface area contributed by atoms with Gasteiger partial charge in [-0.2, -0.15) is 5.06 Å². The maximum atomic E-state index is 10.3. The zero-order valence-electron chi connectivity index (χ0n) is 5.57. The third-order valence-electron chi connectivity index (χ3n) is 1.41. The number of fused-ring (bicyclic) bond motifs is 1. The summed E-state index contributed by atoms with van der Waals surface area (Å²) >= 11 is 0. The molecule has 4 heteroatoms. The monoisotopic (exact) mass is 149 g/mol. The molecule has 1 aliphatic rings. The maximum Gasteiger partial charge on any atom is 0.240 e. The van der Waals surface area contributed by atoms with Crippen LogP contribution in [-0.4, -0.2) is 6.41 Å². The Morgan fingerprint density at radius 3 is 3.45 bits per heavy atom. The Bertz CT molecular complexity index is 288. The predicted octanol–water partition coefficient (Wildman–Crippen LogP) is 0.722. The topological polar surface area (TPSA) is 41.6 Å². The van der Waals surface area contributed by atoms with Gasteiger partial charge in [0.15, 0.2) is 0 Å². The Balaban J connectivity index is 2.46. The fourth-order valence-corrected chi connectivity index (χ4v) is 0.916. The van der Waals surface area contributed by atoms with Crippen molar-refractivity contribution in [1.29, 1.82) is 0 Å². The molecule has 1 aromatic rings. The van der Waals surface area contributed by atoms with Gasteiger partial charge in [0, 0.05) is 6.07 Å². The molecule has 0 saturated carbocycles. The minimum Gasteiger partial charge on any atom is -0.276 e. The van der Waals surface area contributed by atoms with Crippen molar-refractivity contribution in [2.45, 2.75) is 0 Å². The molecule has 1 heterocycles. The van der Waals surface area contributed by atoms with Crippen molar-refractivity contribution in [1.82, 2.24) is 0 Å². The summed E-state index contributed by atoms with van der Waals surface area (Å²) in [6, 6.07) is 8.16. The lowest BCUT2D eigenvalue weighted by Crippen LogP contribution is -2.16. The smallest absolute Gasteiger partial charge is 0.240 e. The van der Waals surface area contributed by atoms with Crippen LogP contribution < -0.4 is 10.5 Å². The number of anilines is 2. The standard InChI is InChI=1S/C7H5N2O2/c10-5-9-7-4-2-1-3-6(7)8-11-9/h1-2,4-5,8H. The van der Waals surface area contributed by atoms with Crippen molar-refractivity contribution in [3.8, 4) is 0 Å². The zero-order valence-corrected chi connectivity index (χ0v) is 5.57. The lowest BCUT2D eigenvalue weighted by Gasteiger charge is -2.03. The van der Waals surface area contributed by atoms with Crippen molar-refractivity contribution in [3.05, 3.63) is 24.3 Å². The number of amides is 1. The molecular formula is C7H5N2O2. The molecule has 4 nitrogen and oxygen atoms in total. The van der Waals surface area contributed by atoms with E-state index in [2.05, 4.69) is 11.5 Å². The molecule has 1 radical (unpaired) electrons. The number of benzene rings is 1. The number of hydrogen-bond acceptors (Lipinski definition) is 3. The van der Waals surface area contributed by atoms with Crippen LogP contribution in [0.25, 0.3) is 0 Å². The second-order valence-corrected chi connectivity index (χ2v) is 2.05. The Morgan fingerprint density at radius 1 is 1.73 bits per heavy atom. The summed E-state index contributed by atoms with van der Waals surface area (Å²) in [6.45, 7) is 0. The van der Waals surface area contributed by atoms with Gasteiger partial charge < -0.3 is 0 Å². The molecule has 0 atom stereocenters. The van der Waals surface area contributed by atoms with Crippen LogP contribution >= 0.6 is 0 Å². The van der Waals surface area contributed by atoms with Gasteiger partial charge in [0.25, 0.3) is 0 Å². The third-order valence-corrected chi connectivity index (χ3v) is 1.41. The highest BCUT2D eigenvalue weighted by Gasteiger charge is 2.18. The average molecular weight is 149 g/mol. The Hall–Kier alpha value is -1.55. The van der Waals surface area contributed by atoms with Crippen LogP contribution in [0.4, 0.5) is 11.4 Å². The van der Waals surface area contributed by atoms with Gasteiger partial charge in [-0.05, 0) is 6.07 Å². The predicted molar refractivity (Wildman–Crippen MR) is 38.5 cm³/mol. The van der Waals surface area contributed by atoms with Gasteiger partial charge in [0.1, 0.15) is 5.69 Å². The van der Waals surface area contributed by atoms with Crippen molar-refractivity contribution in [3.63, 3.8) is 0 Å². The molecule has 0 spiro atoms. The molecule has 0 aliphatic carbocycles. The average Bonchev–Trinajstić information content (AvgIpc) is 2.47. The van der Waals surface area contributed by atoms with E-state index in [-0.39, 0.29) is 0 Å². The van der Waals surface area contributed by atoms with Crippen molar-refractivity contribution < 1.29 is 9.73 Å². The highest BCUT2D eigenvalue weighted by atomic mass is 16.8. The molecule has 1 aliphatic heterocycles. The summed E-state index contributed by atoms with van der Waals surface area (Å²) in [5.74, 6) is 0. The normalized spacial score (nSPS) is 14.0. The summed E-state index contributed by atoms with van der Waals surface area (Å²) in [6.07, 6.45) is 0.590. The molecule has 0 saturated heterocycles. The number of carbonyl (C=O) groups excluding carboxylic acids is 1. The molecule has 2 rings (SSSR count). The van der Waals surface area contributed by atoms with Gasteiger partial charge >= 0.3 is 0 Å². The summed E-state index contributed by atoms with van der Waals surface area (Å²) in [7, 11) is 0. The van der Waals surface area contributed by atoms with Crippen LogP contribution in [0.3, 0.4) is 0 Å². The van der Waals surface area contributed by atoms with E-state index < -0.39 is 0 Å². The number of nitrogens with one attached hydrogen (secondary N) is 1. The van der Waals surface area contributed by atoms with E-state index in [4.69, 9.17) is 4.94 Å². The quantitative estimate of drug-likeness (QED) is 0.598. The molecule has 0 unspecified atom stereocenters. The Labute approximate surface area is 63.3 Å². The van der Waals surface area contributed by atoms with Gasteiger partial charge in [0.2, 0.25) is 6.41 Å². The van der Waals surface area contributed by atoms with E-state index in [1.807, 2.05) is 0 Å². The van der Waals surface area contributed by atoms with E-state index >= 15 is 0 Å². The molecule has 1 N–H and O–H groups in total. The lowest BCUT2D eigenvalue weighted by atomic mass is 10.3. The summed E-state index contributed by atoms with van der Waals surface area (Å²) in [4.78, 5) is 15.1. The van der Waals surface area contributed by atoms with E-state index in [1.165, 1.54) is 0 Å². The van der Waals surface area contributed by atoms with Gasteiger partial charge in [-0.25, -0.2) is 5.48 Å². The highest BCUT2D eigenvalue weighted by molar-refractivity contribution is 5.83. The SMILES string of the molecule is O=CN1ONc2[c]cccc21. The first-order valence-electron chi connectivity index (χ1n) is 3.10. The lowest BCUT2D eigenvalue weighted by molar-refractivity contribution is -0.112. The van der Waals surface area contributed by atoms with E-state index in [0.717, 1.165) is 5.06 Å². The molecule has 1 amide bonds. The van der Waals surface area contributed by atoms with Gasteiger partial charge in [-0.1, -0.05) is 12.1 Å². The minimum atomic E-state index is 0.590. The molecule has 0 bridgehead atoms. The first-order chi connectivity index (χ1) is 5.42. The molecule has 11 heavy (non-hydrogen) atoms. The number of nitrogens with zero attached hydrogens (tertiary/aromatic N) is 1. The van der Waals surface area contributed by atoms with Crippen molar-refractivity contribution in [2.24, 2.45) is 0 Å². The van der Waals surface area contributed by atoms with Crippen molar-refractivity contribution in [2.75, 3.05) is 10.5 Å². The fourth-order valence-electron chi connectivity index (χ4n) is 0.916. The molecular weight excluding hydrogens is 144 g/mol. The van der Waals surface area contributed by atoms with E-state index in [9.17, 15) is 4.79 Å². The number of para-hydroxylation sites is 1. The van der Waals surface area contributed by atoms with Gasteiger partial charge in [-0.3, -0.25) is 4.79 Å². The number of hydroxylamine groups is 1. The van der Waals surface area contributed by atoms with Crippen LogP contribution in [0, 0.1) is 6.07 Å². The number of hydrogen-bond donors (Lipinski definition) is 1. The number of rotatable bonds is 1. The second kappa shape index (κ2) is 2.25. The first-order valence-corrected chi connectivity index (χ1v) is 3.10. The maximum absolute atomic E-state index is 10.3. The largest absolute Gasteiger partial charge is 0.276 e. The van der Waals surface area contributed by atoms with Crippen molar-refractivity contribution >= 4 is 17.8 Å². The summed E-state index contributed by atoms with van der Waals surface area (Å²) in [5.41, 5.74) is 3.90. The molecule has 0 aromatic heterocycles. The Kier molecular flexibility index (Phi) is 1.26. The summed E-state index contributed by atoms with van der Waals surface area (Å²) in [5, 5.41) is 1.10. The zero-order chi connectivity index (χ0) is 7.68. The van der Waals surface area contributed by atoms with Crippen LogP contribution in [0.1, 0.15) is 0 Å². The van der Waals surface area contributed by atoms with Crippen LogP contribution in [0.5, 0.6) is 0 Å². The first kappa shape index (κ1) is 6.18. The molecule has 0 fully saturated rings. The van der Waals surface area contributed by atoms with Crippen LogP contribution in [0.15, 0.2) is 18.2 Å². The van der Waals surface area contributed by atoms with Gasteiger partial charge in [0.05, 0.1) is 5.69 Å². The highest BCUT2D eigenvalue weighted by Crippen LogP contribution is 2.29. The van der Waals surface area contributed by atoms with E-state index in [0.29, 0.717) is 17.8 Å². The van der Waals surface area contributed by atoms with Crippen LogP contribution in [-0.2, 0) is 9.73 Å². The second-order valence-electron chi connectivity index (χ2n) is 2.05. The van der Waals surface area contributed by atoms with Gasteiger partial charge in [-0.15, -0.1) is 4.94 Å². The number of carbonyl (C=O) groups is 1. The summed E-state index contributed by atoms with van der Waals surface area (Å²) < 4.78 is 0. The minimum absolute atomic E-state index is 0.590.